The highest BCUT2D eigenvalue weighted by Gasteiger charge is 2.17. The normalized spacial score (nSPS) is 13.6. The summed E-state index contributed by atoms with van der Waals surface area (Å²) in [5.41, 5.74) is 2.42. The van der Waals surface area contributed by atoms with Crippen LogP contribution in [0.3, 0.4) is 0 Å². The van der Waals surface area contributed by atoms with Crippen LogP contribution in [0.4, 0.5) is 0 Å². The number of aromatic amines is 1. The number of aromatic nitrogens is 2. The molecule has 0 saturated carbocycles. The molecule has 0 fully saturated rings. The monoisotopic (exact) mass is 246 g/mol. The summed E-state index contributed by atoms with van der Waals surface area (Å²) >= 11 is 1.70. The van der Waals surface area contributed by atoms with E-state index in [1.54, 1.807) is 36.0 Å². The summed E-state index contributed by atoms with van der Waals surface area (Å²) < 4.78 is 0. The van der Waals surface area contributed by atoms with Crippen molar-refractivity contribution >= 4 is 11.8 Å². The molecule has 0 aliphatic carbocycles. The van der Waals surface area contributed by atoms with Crippen molar-refractivity contribution in [3.8, 4) is 17.1 Å². The Kier molecular flexibility index (Phi) is 2.40. The Bertz CT molecular complexity index is 619. The Morgan fingerprint density at radius 2 is 2.00 bits per heavy atom. The molecule has 1 aromatic heterocycles. The molecule has 1 aliphatic heterocycles. The van der Waals surface area contributed by atoms with Gasteiger partial charge in [0.05, 0.1) is 5.69 Å². The zero-order valence-electron chi connectivity index (χ0n) is 8.93. The van der Waals surface area contributed by atoms with Crippen molar-refractivity contribution in [1.82, 2.24) is 9.97 Å². The molecule has 0 bridgehead atoms. The third-order valence-electron chi connectivity index (χ3n) is 2.73. The van der Waals surface area contributed by atoms with Crippen molar-refractivity contribution in [3.63, 3.8) is 0 Å². The van der Waals surface area contributed by atoms with Gasteiger partial charge in [0.25, 0.3) is 5.56 Å². The van der Waals surface area contributed by atoms with E-state index in [2.05, 4.69) is 9.97 Å². The molecule has 0 atom stereocenters. The second kappa shape index (κ2) is 3.92. The third kappa shape index (κ3) is 1.82. The quantitative estimate of drug-likeness (QED) is 0.806. The lowest BCUT2D eigenvalue weighted by atomic mass is 10.2. The van der Waals surface area contributed by atoms with Crippen molar-refractivity contribution in [1.29, 1.82) is 0 Å². The fourth-order valence-corrected chi connectivity index (χ4v) is 2.85. The van der Waals surface area contributed by atoms with Crippen LogP contribution in [-0.4, -0.2) is 15.1 Å². The van der Waals surface area contributed by atoms with Crippen LogP contribution in [0.1, 0.15) is 11.3 Å². The predicted octanol–water partition coefficient (Wildman–Crippen LogP) is 1.89. The van der Waals surface area contributed by atoms with Gasteiger partial charge in [-0.3, -0.25) is 4.79 Å². The molecule has 1 aliphatic rings. The molecule has 3 rings (SSSR count). The maximum absolute atomic E-state index is 11.8. The number of rotatable bonds is 1. The van der Waals surface area contributed by atoms with E-state index >= 15 is 0 Å². The van der Waals surface area contributed by atoms with Crippen LogP contribution in [0.25, 0.3) is 11.4 Å². The number of hydrogen-bond acceptors (Lipinski definition) is 4. The maximum atomic E-state index is 11.8. The minimum atomic E-state index is -0.0527. The zero-order valence-corrected chi connectivity index (χ0v) is 9.75. The summed E-state index contributed by atoms with van der Waals surface area (Å²) in [5.74, 6) is 2.31. The van der Waals surface area contributed by atoms with E-state index in [-0.39, 0.29) is 11.3 Å². The second-order valence-corrected chi connectivity index (χ2v) is 4.87. The van der Waals surface area contributed by atoms with Gasteiger partial charge >= 0.3 is 0 Å². The molecule has 0 unspecified atom stereocenters. The van der Waals surface area contributed by atoms with Gasteiger partial charge in [0, 0.05) is 22.6 Å². The number of phenolic OH excluding ortho intramolecular Hbond substituents is 1. The van der Waals surface area contributed by atoms with Gasteiger partial charge in [-0.2, -0.15) is 11.8 Å². The van der Waals surface area contributed by atoms with E-state index in [0.717, 1.165) is 28.3 Å². The number of thioether (sulfide) groups is 1. The van der Waals surface area contributed by atoms with Gasteiger partial charge < -0.3 is 10.1 Å². The Labute approximate surface area is 102 Å². The van der Waals surface area contributed by atoms with Gasteiger partial charge in [-0.1, -0.05) is 0 Å². The highest BCUT2D eigenvalue weighted by Crippen LogP contribution is 2.27. The minimum absolute atomic E-state index is 0.0527. The lowest BCUT2D eigenvalue weighted by Crippen LogP contribution is -2.15. The first-order valence-electron chi connectivity index (χ1n) is 5.23. The highest BCUT2D eigenvalue weighted by atomic mass is 32.2. The number of aromatic hydroxyl groups is 1. The fourth-order valence-electron chi connectivity index (χ4n) is 1.82. The van der Waals surface area contributed by atoms with Gasteiger partial charge in [-0.15, -0.1) is 0 Å². The molecular formula is C12H10N2O2S. The van der Waals surface area contributed by atoms with E-state index in [1.807, 2.05) is 0 Å². The maximum Gasteiger partial charge on any atom is 0.255 e. The molecule has 2 aromatic rings. The molecule has 0 radical (unpaired) electrons. The van der Waals surface area contributed by atoms with Gasteiger partial charge in [0.1, 0.15) is 11.6 Å². The van der Waals surface area contributed by atoms with Crippen molar-refractivity contribution in [2.45, 2.75) is 11.5 Å². The van der Waals surface area contributed by atoms with Gasteiger partial charge in [0.15, 0.2) is 0 Å². The van der Waals surface area contributed by atoms with Crippen molar-refractivity contribution < 1.29 is 5.11 Å². The Morgan fingerprint density at radius 3 is 2.76 bits per heavy atom. The lowest BCUT2D eigenvalue weighted by Gasteiger charge is -2.03. The largest absolute Gasteiger partial charge is 0.508 e. The molecule has 2 heterocycles. The second-order valence-electron chi connectivity index (χ2n) is 3.88. The van der Waals surface area contributed by atoms with Crippen molar-refractivity contribution in [2.24, 2.45) is 0 Å². The van der Waals surface area contributed by atoms with Crippen molar-refractivity contribution in [2.75, 3.05) is 0 Å². The van der Waals surface area contributed by atoms with E-state index in [1.165, 1.54) is 0 Å². The first-order valence-corrected chi connectivity index (χ1v) is 6.39. The molecule has 0 spiro atoms. The molecule has 4 nitrogen and oxygen atoms in total. The van der Waals surface area contributed by atoms with Crippen molar-refractivity contribution in [3.05, 3.63) is 45.9 Å². The molecular weight excluding hydrogens is 236 g/mol. The molecule has 17 heavy (non-hydrogen) atoms. The summed E-state index contributed by atoms with van der Waals surface area (Å²) in [7, 11) is 0. The standard InChI is InChI=1S/C12H10N2O2S/c15-8-3-1-7(2-4-8)11-13-10-6-17-5-9(10)12(16)14-11/h1-4,15H,5-6H2,(H,13,14,16). The fraction of sp³-hybridized carbons (Fsp3) is 0.167. The summed E-state index contributed by atoms with van der Waals surface area (Å²) in [4.78, 5) is 19.1. The summed E-state index contributed by atoms with van der Waals surface area (Å²) in [5, 5.41) is 9.22. The molecule has 0 amide bonds. The van der Waals surface area contributed by atoms with Crippen LogP contribution in [-0.2, 0) is 11.5 Å². The Hall–Kier alpha value is -1.75. The van der Waals surface area contributed by atoms with E-state index in [4.69, 9.17) is 0 Å². The molecule has 2 N–H and O–H groups in total. The van der Waals surface area contributed by atoms with Crippen LogP contribution in [0, 0.1) is 0 Å². The summed E-state index contributed by atoms with van der Waals surface area (Å²) in [6.45, 7) is 0. The highest BCUT2D eigenvalue weighted by molar-refractivity contribution is 7.98. The molecule has 5 heteroatoms. The van der Waals surface area contributed by atoms with Crippen LogP contribution in [0.2, 0.25) is 0 Å². The van der Waals surface area contributed by atoms with Gasteiger partial charge in [-0.05, 0) is 24.3 Å². The predicted molar refractivity (Wildman–Crippen MR) is 67.0 cm³/mol. The summed E-state index contributed by atoms with van der Waals surface area (Å²) in [6.07, 6.45) is 0. The number of fused-ring (bicyclic) bond motifs is 1. The summed E-state index contributed by atoms with van der Waals surface area (Å²) in [6, 6.07) is 6.64. The van der Waals surface area contributed by atoms with Crippen LogP contribution in [0.5, 0.6) is 5.75 Å². The molecule has 1 aromatic carbocycles. The Morgan fingerprint density at radius 1 is 1.24 bits per heavy atom. The SMILES string of the molecule is O=c1[nH]c(-c2ccc(O)cc2)nc2c1CSC2. The van der Waals surface area contributed by atoms with Crippen LogP contribution < -0.4 is 5.56 Å². The zero-order chi connectivity index (χ0) is 11.8. The smallest absolute Gasteiger partial charge is 0.255 e. The van der Waals surface area contributed by atoms with E-state index in [9.17, 15) is 9.90 Å². The first kappa shape index (κ1) is 10.4. The van der Waals surface area contributed by atoms with E-state index in [0.29, 0.717) is 5.82 Å². The van der Waals surface area contributed by atoms with Gasteiger partial charge in [0.2, 0.25) is 0 Å². The average molecular weight is 246 g/mol. The number of H-pyrrole nitrogens is 1. The van der Waals surface area contributed by atoms with Gasteiger partial charge in [-0.25, -0.2) is 4.98 Å². The average Bonchev–Trinajstić information content (AvgIpc) is 2.78. The molecule has 0 saturated heterocycles. The Balaban J connectivity index is 2.13. The number of benzene rings is 1. The van der Waals surface area contributed by atoms with Crippen LogP contribution >= 0.6 is 11.8 Å². The number of hydrogen-bond donors (Lipinski definition) is 2. The number of nitrogens with one attached hydrogen (secondary N) is 1. The topological polar surface area (TPSA) is 66.0 Å². The van der Waals surface area contributed by atoms with E-state index < -0.39 is 0 Å². The lowest BCUT2D eigenvalue weighted by molar-refractivity contribution is 0.475. The van der Waals surface area contributed by atoms with Crippen LogP contribution in [0.15, 0.2) is 29.1 Å². The number of phenols is 1. The number of nitrogens with zero attached hydrogens (tertiary/aromatic N) is 1. The third-order valence-corrected chi connectivity index (χ3v) is 3.70. The first-order chi connectivity index (χ1) is 8.24. The minimum Gasteiger partial charge on any atom is -0.508 e. The molecule has 86 valence electrons.